The van der Waals surface area contributed by atoms with Gasteiger partial charge in [-0.3, -0.25) is 14.6 Å². The molecule has 0 atom stereocenters. The quantitative estimate of drug-likeness (QED) is 0.286. The number of aryl methyl sites for hydroxylation is 2. The van der Waals surface area contributed by atoms with Crippen LogP contribution < -0.4 is 4.74 Å². The maximum atomic E-state index is 13.2. The molecule has 4 aromatic rings. The summed E-state index contributed by atoms with van der Waals surface area (Å²) in [5.41, 5.74) is 6.97. The van der Waals surface area contributed by atoms with Gasteiger partial charge < -0.3 is 14.5 Å². The molecule has 214 valence electrons. The van der Waals surface area contributed by atoms with Crippen LogP contribution in [0.15, 0.2) is 48.7 Å². The van der Waals surface area contributed by atoms with E-state index in [9.17, 15) is 4.79 Å². The fourth-order valence-electron chi connectivity index (χ4n) is 6.74. The Balaban J connectivity index is 0.00000302. The van der Waals surface area contributed by atoms with Crippen molar-refractivity contribution >= 4 is 29.4 Å². The third-order valence-corrected chi connectivity index (χ3v) is 8.79. The van der Waals surface area contributed by atoms with Gasteiger partial charge in [0.05, 0.1) is 11.2 Å². The molecular formula is C32H37ClN6O2. The number of rotatable bonds is 4. The summed E-state index contributed by atoms with van der Waals surface area (Å²) < 4.78 is 8.07. The van der Waals surface area contributed by atoms with Gasteiger partial charge in [0.2, 0.25) is 0 Å². The van der Waals surface area contributed by atoms with Crippen molar-refractivity contribution in [3.8, 4) is 28.3 Å². The lowest BCUT2D eigenvalue weighted by atomic mass is 9.96. The summed E-state index contributed by atoms with van der Waals surface area (Å²) in [4.78, 5) is 27.1. The standard InChI is InChI=1S/C32H36N6O2.ClH/c1-22-7-5-8-28(34-22)31-30(29-9-6-18-38(29)35-31)25-12-15-33-27-11-10-24(21-26(25)27)40-32(39)37-19-13-23(14-20-37)36-16-3-2-4-17-36;/h5,7-8,10-12,15,21,23H,2-4,6,9,13-14,16-20H2,1H3;1H. The number of carbonyl (C=O) groups is 1. The average molecular weight is 573 g/mol. The molecule has 0 spiro atoms. The summed E-state index contributed by atoms with van der Waals surface area (Å²) >= 11 is 0. The van der Waals surface area contributed by atoms with Gasteiger partial charge in [0.25, 0.3) is 0 Å². The van der Waals surface area contributed by atoms with E-state index in [4.69, 9.17) is 14.8 Å². The van der Waals surface area contributed by atoms with Crippen molar-refractivity contribution in [2.45, 2.75) is 64.5 Å². The van der Waals surface area contributed by atoms with Crippen LogP contribution in [0.3, 0.4) is 0 Å². The van der Waals surface area contributed by atoms with E-state index in [-0.39, 0.29) is 18.5 Å². The summed E-state index contributed by atoms with van der Waals surface area (Å²) in [6, 6.07) is 14.5. The first-order valence-electron chi connectivity index (χ1n) is 14.8. The summed E-state index contributed by atoms with van der Waals surface area (Å²) in [5.74, 6) is 0.545. The minimum Gasteiger partial charge on any atom is -0.410 e. The van der Waals surface area contributed by atoms with E-state index in [0.717, 1.165) is 84.4 Å². The Morgan fingerprint density at radius 1 is 0.951 bits per heavy atom. The summed E-state index contributed by atoms with van der Waals surface area (Å²) in [7, 11) is 0. The Hall–Kier alpha value is -3.49. The lowest BCUT2D eigenvalue weighted by Crippen LogP contribution is -2.48. The van der Waals surface area contributed by atoms with Gasteiger partial charge in [-0.2, -0.15) is 5.10 Å². The normalized spacial score (nSPS) is 17.8. The minimum atomic E-state index is -0.266. The molecule has 0 saturated carbocycles. The van der Waals surface area contributed by atoms with Gasteiger partial charge in [-0.05, 0) is 100 Å². The number of nitrogens with zero attached hydrogens (tertiary/aromatic N) is 6. The van der Waals surface area contributed by atoms with Crippen LogP contribution in [0.5, 0.6) is 5.75 Å². The van der Waals surface area contributed by atoms with Crippen LogP contribution in [0.25, 0.3) is 33.4 Å². The number of aromatic nitrogens is 4. The van der Waals surface area contributed by atoms with Crippen LogP contribution in [0.4, 0.5) is 4.79 Å². The number of benzene rings is 1. The van der Waals surface area contributed by atoms with E-state index in [1.165, 1.54) is 38.0 Å². The van der Waals surface area contributed by atoms with Gasteiger partial charge in [0, 0.05) is 54.2 Å². The number of fused-ring (bicyclic) bond motifs is 2. The van der Waals surface area contributed by atoms with Crippen molar-refractivity contribution in [2.24, 2.45) is 0 Å². The first-order chi connectivity index (χ1) is 19.6. The number of ether oxygens (including phenoxy) is 1. The SMILES string of the molecule is Cc1cccc(-c2nn3c(c2-c2ccnc4ccc(OC(=O)N5CCC(N6CCCCC6)CC5)cc24)CCC3)n1.Cl. The second-order valence-corrected chi connectivity index (χ2v) is 11.4. The van der Waals surface area contributed by atoms with Crippen LogP contribution in [-0.2, 0) is 13.0 Å². The van der Waals surface area contributed by atoms with Crippen molar-refractivity contribution in [3.05, 3.63) is 60.0 Å². The second kappa shape index (κ2) is 11.8. The number of carbonyl (C=O) groups excluding carboxylic acids is 1. The molecule has 0 N–H and O–H groups in total. The first kappa shape index (κ1) is 27.7. The predicted octanol–water partition coefficient (Wildman–Crippen LogP) is 6.29. The molecule has 2 fully saturated rings. The van der Waals surface area contributed by atoms with Crippen molar-refractivity contribution in [2.75, 3.05) is 26.2 Å². The van der Waals surface area contributed by atoms with Crippen LogP contribution in [-0.4, -0.2) is 67.9 Å². The molecule has 2 saturated heterocycles. The number of halogens is 1. The molecule has 1 aromatic carbocycles. The van der Waals surface area contributed by atoms with E-state index >= 15 is 0 Å². The van der Waals surface area contributed by atoms with Crippen molar-refractivity contribution in [1.82, 2.24) is 29.5 Å². The largest absolute Gasteiger partial charge is 0.415 e. The fraction of sp³-hybridized carbons (Fsp3) is 0.438. The van der Waals surface area contributed by atoms with Crippen molar-refractivity contribution < 1.29 is 9.53 Å². The lowest BCUT2D eigenvalue weighted by Gasteiger charge is -2.39. The number of likely N-dealkylation sites (tertiary alicyclic amines) is 2. The highest BCUT2D eigenvalue weighted by Crippen LogP contribution is 2.40. The minimum absolute atomic E-state index is 0. The molecule has 1 amide bonds. The Kier molecular flexibility index (Phi) is 7.95. The van der Waals surface area contributed by atoms with Gasteiger partial charge in [0.1, 0.15) is 11.4 Å². The Labute approximate surface area is 247 Å². The first-order valence-corrected chi connectivity index (χ1v) is 14.8. The number of piperidine rings is 2. The van der Waals surface area contributed by atoms with E-state index in [1.54, 1.807) is 0 Å². The molecule has 3 aliphatic rings. The maximum Gasteiger partial charge on any atom is 0.415 e. The molecule has 8 nitrogen and oxygen atoms in total. The van der Waals surface area contributed by atoms with E-state index in [0.29, 0.717) is 11.8 Å². The van der Waals surface area contributed by atoms with Gasteiger partial charge in [-0.25, -0.2) is 4.79 Å². The molecule has 41 heavy (non-hydrogen) atoms. The number of hydrogen-bond acceptors (Lipinski definition) is 6. The molecular weight excluding hydrogens is 536 g/mol. The zero-order valence-electron chi connectivity index (χ0n) is 23.6. The highest BCUT2D eigenvalue weighted by Gasteiger charge is 2.29. The third kappa shape index (κ3) is 5.43. The zero-order chi connectivity index (χ0) is 27.1. The number of amides is 1. The lowest BCUT2D eigenvalue weighted by molar-refractivity contribution is 0.0878. The highest BCUT2D eigenvalue weighted by molar-refractivity contribution is 5.99. The van der Waals surface area contributed by atoms with Gasteiger partial charge >= 0.3 is 6.09 Å². The molecule has 7 rings (SSSR count). The molecule has 3 aromatic heterocycles. The molecule has 6 heterocycles. The van der Waals surface area contributed by atoms with E-state index < -0.39 is 0 Å². The number of pyridine rings is 2. The van der Waals surface area contributed by atoms with Crippen molar-refractivity contribution in [3.63, 3.8) is 0 Å². The van der Waals surface area contributed by atoms with Crippen LogP contribution >= 0.6 is 12.4 Å². The highest BCUT2D eigenvalue weighted by atomic mass is 35.5. The predicted molar refractivity (Wildman–Crippen MR) is 163 cm³/mol. The van der Waals surface area contributed by atoms with Gasteiger partial charge in [-0.15, -0.1) is 12.4 Å². The molecule has 0 bridgehead atoms. The maximum absolute atomic E-state index is 13.2. The third-order valence-electron chi connectivity index (χ3n) is 8.79. The summed E-state index contributed by atoms with van der Waals surface area (Å²) in [5, 5.41) is 5.95. The second-order valence-electron chi connectivity index (χ2n) is 11.4. The van der Waals surface area contributed by atoms with Gasteiger partial charge in [0.15, 0.2) is 0 Å². The van der Waals surface area contributed by atoms with Crippen LogP contribution in [0.2, 0.25) is 0 Å². The monoisotopic (exact) mass is 572 g/mol. The Bertz CT molecular complexity index is 1560. The Morgan fingerprint density at radius 3 is 2.59 bits per heavy atom. The fourth-order valence-corrected chi connectivity index (χ4v) is 6.74. The van der Waals surface area contributed by atoms with E-state index in [2.05, 4.69) is 20.6 Å². The summed E-state index contributed by atoms with van der Waals surface area (Å²) in [6.07, 6.45) is 9.61. The van der Waals surface area contributed by atoms with E-state index in [1.807, 2.05) is 54.4 Å². The van der Waals surface area contributed by atoms with Crippen LogP contribution in [0.1, 0.15) is 49.9 Å². The molecule has 0 radical (unpaired) electrons. The van der Waals surface area contributed by atoms with Gasteiger partial charge in [-0.1, -0.05) is 12.5 Å². The Morgan fingerprint density at radius 2 is 1.78 bits per heavy atom. The average Bonchev–Trinajstić information content (AvgIpc) is 3.59. The smallest absolute Gasteiger partial charge is 0.410 e. The zero-order valence-corrected chi connectivity index (χ0v) is 24.4. The molecule has 9 heteroatoms. The topological polar surface area (TPSA) is 76.4 Å². The molecule has 0 unspecified atom stereocenters. The van der Waals surface area contributed by atoms with Crippen LogP contribution in [0, 0.1) is 6.92 Å². The molecule has 0 aliphatic carbocycles. The van der Waals surface area contributed by atoms with Crippen molar-refractivity contribution in [1.29, 1.82) is 0 Å². The summed E-state index contributed by atoms with van der Waals surface area (Å²) in [6.45, 7) is 6.81. The number of hydrogen-bond donors (Lipinski definition) is 0. The molecule has 3 aliphatic heterocycles.